The average Bonchev–Trinajstić information content (AvgIpc) is 2.93. The van der Waals surface area contributed by atoms with E-state index in [-0.39, 0.29) is 11.5 Å². The molecule has 0 aliphatic carbocycles. The molecule has 116 valence electrons. The molecule has 0 amide bonds. The Kier molecular flexibility index (Phi) is 4.14. The summed E-state index contributed by atoms with van der Waals surface area (Å²) < 4.78 is 14.6. The van der Waals surface area contributed by atoms with Crippen LogP contribution in [0.4, 0.5) is 4.39 Å². The van der Waals surface area contributed by atoms with Gasteiger partial charge in [-0.2, -0.15) is 0 Å². The van der Waals surface area contributed by atoms with Gasteiger partial charge < -0.3 is 5.11 Å². The van der Waals surface area contributed by atoms with Crippen LogP contribution in [0.5, 0.6) is 0 Å². The molecule has 1 heterocycles. The van der Waals surface area contributed by atoms with Crippen molar-refractivity contribution < 1.29 is 14.3 Å². The number of halogens is 1. The van der Waals surface area contributed by atoms with Crippen LogP contribution >= 0.6 is 0 Å². The predicted molar refractivity (Wildman–Crippen MR) is 81.7 cm³/mol. The van der Waals surface area contributed by atoms with Gasteiger partial charge in [-0.3, -0.25) is 0 Å². The molecule has 0 unspecified atom stereocenters. The van der Waals surface area contributed by atoms with Crippen LogP contribution in [0, 0.1) is 5.82 Å². The fourth-order valence-corrected chi connectivity index (χ4v) is 2.35. The Labute approximate surface area is 132 Å². The minimum atomic E-state index is -1.12. The predicted octanol–water partition coefficient (Wildman–Crippen LogP) is 2.75. The Morgan fingerprint density at radius 2 is 1.74 bits per heavy atom. The third kappa shape index (κ3) is 3.42. The van der Waals surface area contributed by atoms with Gasteiger partial charge in [0, 0.05) is 6.42 Å². The maximum atomic E-state index is 13.0. The van der Waals surface area contributed by atoms with Gasteiger partial charge in [0.25, 0.3) is 0 Å². The largest absolute Gasteiger partial charge is 0.476 e. The fourth-order valence-electron chi connectivity index (χ4n) is 2.35. The summed E-state index contributed by atoms with van der Waals surface area (Å²) in [5, 5.41) is 17.0. The topological polar surface area (TPSA) is 68.0 Å². The van der Waals surface area contributed by atoms with Crippen LogP contribution in [-0.4, -0.2) is 26.1 Å². The number of hydrogen-bond donors (Lipinski definition) is 1. The van der Waals surface area contributed by atoms with Crippen molar-refractivity contribution in [2.75, 3.05) is 0 Å². The van der Waals surface area contributed by atoms with E-state index in [1.807, 2.05) is 30.3 Å². The van der Waals surface area contributed by atoms with Crippen molar-refractivity contribution in [1.82, 2.24) is 15.0 Å². The molecule has 0 atom stereocenters. The Hall–Kier alpha value is -3.02. The molecule has 1 aromatic heterocycles. The van der Waals surface area contributed by atoms with E-state index in [0.717, 1.165) is 11.1 Å². The van der Waals surface area contributed by atoms with E-state index in [1.165, 1.54) is 12.1 Å². The first-order valence-electron chi connectivity index (χ1n) is 7.07. The first-order valence-corrected chi connectivity index (χ1v) is 7.07. The standard InChI is InChI=1S/C17H14FN3O2/c18-14-8-6-12(7-9-14)10-15-16(17(22)23)19-20-21(15)11-13-4-2-1-3-5-13/h1-9H,10-11H2,(H,22,23). The number of rotatable bonds is 5. The zero-order chi connectivity index (χ0) is 16.2. The van der Waals surface area contributed by atoms with Gasteiger partial charge in [0.2, 0.25) is 0 Å². The summed E-state index contributed by atoms with van der Waals surface area (Å²) in [7, 11) is 0. The van der Waals surface area contributed by atoms with Crippen molar-refractivity contribution in [3.8, 4) is 0 Å². The molecule has 0 spiro atoms. The highest BCUT2D eigenvalue weighted by atomic mass is 19.1. The van der Waals surface area contributed by atoms with Gasteiger partial charge in [-0.1, -0.05) is 47.7 Å². The van der Waals surface area contributed by atoms with Gasteiger partial charge >= 0.3 is 5.97 Å². The molecule has 0 radical (unpaired) electrons. The number of carbonyl (C=O) groups is 1. The number of nitrogens with zero attached hydrogens (tertiary/aromatic N) is 3. The van der Waals surface area contributed by atoms with E-state index in [0.29, 0.717) is 18.7 Å². The summed E-state index contributed by atoms with van der Waals surface area (Å²) in [6.45, 7) is 0.428. The van der Waals surface area contributed by atoms with Gasteiger partial charge in [-0.05, 0) is 23.3 Å². The van der Waals surface area contributed by atoms with Crippen molar-refractivity contribution in [2.24, 2.45) is 0 Å². The molecule has 23 heavy (non-hydrogen) atoms. The van der Waals surface area contributed by atoms with Crippen molar-refractivity contribution in [3.63, 3.8) is 0 Å². The summed E-state index contributed by atoms with van der Waals surface area (Å²) in [6, 6.07) is 15.5. The highest BCUT2D eigenvalue weighted by Crippen LogP contribution is 2.15. The minimum absolute atomic E-state index is 0.0785. The smallest absolute Gasteiger partial charge is 0.358 e. The molecule has 5 nitrogen and oxygen atoms in total. The number of carboxylic acid groups (broad SMARTS) is 1. The highest BCUT2D eigenvalue weighted by Gasteiger charge is 2.19. The van der Waals surface area contributed by atoms with E-state index in [1.54, 1.807) is 16.8 Å². The molecule has 0 aliphatic rings. The SMILES string of the molecule is O=C(O)c1nnn(Cc2ccccc2)c1Cc1ccc(F)cc1. The second-order valence-electron chi connectivity index (χ2n) is 5.14. The number of aromatic nitrogens is 3. The van der Waals surface area contributed by atoms with Gasteiger partial charge in [-0.15, -0.1) is 5.10 Å². The van der Waals surface area contributed by atoms with Gasteiger partial charge in [0.15, 0.2) is 5.69 Å². The van der Waals surface area contributed by atoms with E-state index < -0.39 is 5.97 Å². The molecule has 0 saturated heterocycles. The molecule has 3 aromatic rings. The summed E-state index contributed by atoms with van der Waals surface area (Å²) in [4.78, 5) is 11.4. The van der Waals surface area contributed by atoms with E-state index in [4.69, 9.17) is 0 Å². The van der Waals surface area contributed by atoms with Crippen LogP contribution in [0.15, 0.2) is 54.6 Å². The van der Waals surface area contributed by atoms with Crippen LogP contribution in [-0.2, 0) is 13.0 Å². The maximum absolute atomic E-state index is 13.0. The summed E-state index contributed by atoms with van der Waals surface area (Å²) in [5.41, 5.74) is 2.21. The Morgan fingerprint density at radius 3 is 2.39 bits per heavy atom. The fraction of sp³-hybridized carbons (Fsp3) is 0.118. The lowest BCUT2D eigenvalue weighted by molar-refractivity contribution is 0.0689. The van der Waals surface area contributed by atoms with Crippen molar-refractivity contribution in [1.29, 1.82) is 0 Å². The normalized spacial score (nSPS) is 10.7. The first kappa shape index (κ1) is 14.9. The van der Waals surface area contributed by atoms with E-state index in [9.17, 15) is 14.3 Å². The van der Waals surface area contributed by atoms with Crippen LogP contribution < -0.4 is 0 Å². The number of benzene rings is 2. The highest BCUT2D eigenvalue weighted by molar-refractivity contribution is 5.86. The lowest BCUT2D eigenvalue weighted by Gasteiger charge is -2.07. The second kappa shape index (κ2) is 6.39. The third-order valence-corrected chi connectivity index (χ3v) is 3.50. The molecular weight excluding hydrogens is 297 g/mol. The summed E-state index contributed by atoms with van der Waals surface area (Å²) in [5.74, 6) is -1.45. The van der Waals surface area contributed by atoms with Crippen molar-refractivity contribution in [3.05, 3.63) is 82.9 Å². The van der Waals surface area contributed by atoms with E-state index >= 15 is 0 Å². The number of aromatic carboxylic acids is 1. The third-order valence-electron chi connectivity index (χ3n) is 3.50. The lowest BCUT2D eigenvalue weighted by Crippen LogP contribution is -2.10. The molecule has 6 heteroatoms. The average molecular weight is 311 g/mol. The molecule has 0 bridgehead atoms. The van der Waals surface area contributed by atoms with Gasteiger partial charge in [0.05, 0.1) is 12.2 Å². The van der Waals surface area contributed by atoms with Crippen molar-refractivity contribution in [2.45, 2.75) is 13.0 Å². The van der Waals surface area contributed by atoms with Gasteiger partial charge in [0.1, 0.15) is 5.82 Å². The van der Waals surface area contributed by atoms with Gasteiger partial charge in [-0.25, -0.2) is 13.9 Å². The summed E-state index contributed by atoms with van der Waals surface area (Å²) >= 11 is 0. The van der Waals surface area contributed by atoms with E-state index in [2.05, 4.69) is 10.3 Å². The van der Waals surface area contributed by atoms with Crippen molar-refractivity contribution >= 4 is 5.97 Å². The van der Waals surface area contributed by atoms with Crippen LogP contribution in [0.1, 0.15) is 27.3 Å². The quantitative estimate of drug-likeness (QED) is 0.786. The molecule has 2 aromatic carbocycles. The summed E-state index contributed by atoms with van der Waals surface area (Å²) in [6.07, 6.45) is 0.321. The Morgan fingerprint density at radius 1 is 1.04 bits per heavy atom. The zero-order valence-electron chi connectivity index (χ0n) is 12.2. The molecule has 3 rings (SSSR count). The first-order chi connectivity index (χ1) is 11.1. The maximum Gasteiger partial charge on any atom is 0.358 e. The van der Waals surface area contributed by atoms with Crippen LogP contribution in [0.2, 0.25) is 0 Å². The molecule has 0 fully saturated rings. The van der Waals surface area contributed by atoms with Crippen LogP contribution in [0.25, 0.3) is 0 Å². The molecule has 0 saturated carbocycles. The zero-order valence-corrected chi connectivity index (χ0v) is 12.2. The lowest BCUT2D eigenvalue weighted by atomic mass is 10.1. The number of carboxylic acids is 1. The Bertz CT molecular complexity index is 814. The monoisotopic (exact) mass is 311 g/mol. The minimum Gasteiger partial charge on any atom is -0.476 e. The second-order valence-corrected chi connectivity index (χ2v) is 5.14. The molecule has 1 N–H and O–H groups in total. The molecule has 0 aliphatic heterocycles. The number of hydrogen-bond acceptors (Lipinski definition) is 3. The van der Waals surface area contributed by atoms with Crippen LogP contribution in [0.3, 0.4) is 0 Å². The molecular formula is C17H14FN3O2. The Balaban J connectivity index is 1.94.